The summed E-state index contributed by atoms with van der Waals surface area (Å²) < 4.78 is 26.2. The van der Waals surface area contributed by atoms with Gasteiger partial charge >= 0.3 is 0 Å². The molecule has 0 saturated heterocycles. The number of carbonyl (C=O) groups excluding carboxylic acids is 2. The zero-order valence-corrected chi connectivity index (χ0v) is 17.9. The molecule has 0 aliphatic heterocycles. The van der Waals surface area contributed by atoms with Crippen LogP contribution in [0.3, 0.4) is 0 Å². The monoisotopic (exact) mass is 428 g/mol. The van der Waals surface area contributed by atoms with Crippen LogP contribution < -0.4 is 10.6 Å². The number of anilines is 1. The molecule has 9 heteroatoms. The lowest BCUT2D eigenvalue weighted by atomic mass is 10.1. The van der Waals surface area contributed by atoms with Crippen LogP contribution in [0.5, 0.6) is 0 Å². The molecule has 2 amide bonds. The first-order valence-electron chi connectivity index (χ1n) is 9.35. The van der Waals surface area contributed by atoms with Gasteiger partial charge < -0.3 is 10.6 Å². The topological polar surface area (TPSA) is 119 Å². The number of hydrogen-bond donors (Lipinski definition) is 2. The number of benzene rings is 2. The second kappa shape index (κ2) is 10.0. The first-order valence-corrected chi connectivity index (χ1v) is 10.8. The Kier molecular flexibility index (Phi) is 7.69. The number of amides is 2. The number of sulfonamides is 1. The third-order valence-corrected chi connectivity index (χ3v) is 6.31. The number of rotatable bonds is 8. The van der Waals surface area contributed by atoms with Gasteiger partial charge in [-0.3, -0.25) is 9.59 Å². The number of nitrogens with zero attached hydrogens (tertiary/aromatic N) is 2. The lowest BCUT2D eigenvalue weighted by molar-refractivity contribution is -0.116. The Balaban J connectivity index is 2.12. The van der Waals surface area contributed by atoms with Gasteiger partial charge in [-0.05, 0) is 49.7 Å². The first kappa shape index (κ1) is 23.1. The molecule has 158 valence electrons. The molecule has 8 nitrogen and oxygen atoms in total. The summed E-state index contributed by atoms with van der Waals surface area (Å²) in [7, 11) is -2.63. The van der Waals surface area contributed by atoms with Crippen LogP contribution in [0.2, 0.25) is 0 Å². The Hall–Kier alpha value is -3.22. The fraction of sp³-hybridized carbons (Fsp3) is 0.286. The maximum absolute atomic E-state index is 12.6. The zero-order valence-electron chi connectivity index (χ0n) is 17.0. The zero-order chi connectivity index (χ0) is 22.3. The van der Waals surface area contributed by atoms with Gasteiger partial charge in [0.1, 0.15) is 0 Å². The van der Waals surface area contributed by atoms with Crippen LogP contribution in [-0.4, -0.2) is 44.2 Å². The van der Waals surface area contributed by atoms with Crippen LogP contribution in [-0.2, 0) is 14.8 Å². The van der Waals surface area contributed by atoms with Crippen molar-refractivity contribution in [3.63, 3.8) is 0 Å². The van der Waals surface area contributed by atoms with E-state index < -0.39 is 22.5 Å². The van der Waals surface area contributed by atoms with Crippen molar-refractivity contribution in [1.29, 1.82) is 5.26 Å². The fourth-order valence-corrected chi connectivity index (χ4v) is 3.68. The molecule has 0 aromatic heterocycles. The number of para-hydroxylation sites is 1. The number of nitriles is 1. The molecular formula is C21H24N4O4S. The highest BCUT2D eigenvalue weighted by Gasteiger charge is 2.23. The van der Waals surface area contributed by atoms with Gasteiger partial charge in [-0.1, -0.05) is 19.1 Å². The SMILES string of the molecule is CCC(C)NC(=O)c1ccccc1NC(=O)CN(C)S(=O)(=O)c1ccc(C#N)cc1. The van der Waals surface area contributed by atoms with Crippen LogP contribution in [0.15, 0.2) is 53.4 Å². The van der Waals surface area contributed by atoms with E-state index in [0.717, 1.165) is 10.7 Å². The van der Waals surface area contributed by atoms with Gasteiger partial charge in [-0.15, -0.1) is 0 Å². The summed E-state index contributed by atoms with van der Waals surface area (Å²) in [5.74, 6) is -0.905. The van der Waals surface area contributed by atoms with Crippen LogP contribution >= 0.6 is 0 Å². The van der Waals surface area contributed by atoms with Crippen molar-refractivity contribution in [3.05, 3.63) is 59.7 Å². The van der Waals surface area contributed by atoms with Crippen LogP contribution in [0.4, 0.5) is 5.69 Å². The molecule has 0 saturated carbocycles. The largest absolute Gasteiger partial charge is 0.350 e. The maximum Gasteiger partial charge on any atom is 0.253 e. The van der Waals surface area contributed by atoms with Gasteiger partial charge in [0.2, 0.25) is 15.9 Å². The molecule has 30 heavy (non-hydrogen) atoms. The van der Waals surface area contributed by atoms with E-state index in [9.17, 15) is 18.0 Å². The molecule has 0 heterocycles. The van der Waals surface area contributed by atoms with Crippen molar-refractivity contribution in [2.45, 2.75) is 31.2 Å². The number of carbonyl (C=O) groups is 2. The van der Waals surface area contributed by atoms with Crippen molar-refractivity contribution in [2.24, 2.45) is 0 Å². The third-order valence-electron chi connectivity index (χ3n) is 4.49. The Morgan fingerprint density at radius 2 is 1.77 bits per heavy atom. The minimum Gasteiger partial charge on any atom is -0.350 e. The molecule has 2 rings (SSSR count). The lowest BCUT2D eigenvalue weighted by Crippen LogP contribution is -2.36. The number of nitrogens with one attached hydrogen (secondary N) is 2. The van der Waals surface area contributed by atoms with Gasteiger partial charge in [-0.2, -0.15) is 9.57 Å². The molecule has 2 aromatic rings. The summed E-state index contributed by atoms with van der Waals surface area (Å²) in [6.07, 6.45) is 0.762. The second-order valence-corrected chi connectivity index (χ2v) is 8.82. The van der Waals surface area contributed by atoms with E-state index in [1.807, 2.05) is 19.9 Å². The molecule has 2 N–H and O–H groups in total. The van der Waals surface area contributed by atoms with Gasteiger partial charge in [0.05, 0.1) is 34.3 Å². The van der Waals surface area contributed by atoms with Crippen LogP contribution in [0.25, 0.3) is 0 Å². The highest BCUT2D eigenvalue weighted by atomic mass is 32.2. The van der Waals surface area contributed by atoms with Crippen molar-refractivity contribution < 1.29 is 18.0 Å². The van der Waals surface area contributed by atoms with Crippen LogP contribution in [0.1, 0.15) is 36.2 Å². The minimum atomic E-state index is -3.91. The summed E-state index contributed by atoms with van der Waals surface area (Å²) in [4.78, 5) is 24.9. The quantitative estimate of drug-likeness (QED) is 0.669. The van der Waals surface area contributed by atoms with Crippen molar-refractivity contribution in [1.82, 2.24) is 9.62 Å². The summed E-state index contributed by atoms with van der Waals surface area (Å²) in [5.41, 5.74) is 0.929. The smallest absolute Gasteiger partial charge is 0.253 e. The summed E-state index contributed by atoms with van der Waals surface area (Å²) in [5, 5.41) is 14.3. The van der Waals surface area contributed by atoms with Gasteiger partial charge in [0.15, 0.2) is 0 Å². The van der Waals surface area contributed by atoms with Gasteiger partial charge in [-0.25, -0.2) is 8.42 Å². The summed E-state index contributed by atoms with van der Waals surface area (Å²) >= 11 is 0. The first-order chi connectivity index (χ1) is 14.2. The minimum absolute atomic E-state index is 0.0230. The molecule has 0 radical (unpaired) electrons. The predicted molar refractivity (Wildman–Crippen MR) is 113 cm³/mol. The molecular weight excluding hydrogens is 404 g/mol. The van der Waals surface area contributed by atoms with E-state index in [0.29, 0.717) is 16.8 Å². The van der Waals surface area contributed by atoms with Gasteiger partial charge in [0, 0.05) is 13.1 Å². The average molecular weight is 429 g/mol. The molecule has 2 aromatic carbocycles. The molecule has 1 unspecified atom stereocenters. The Morgan fingerprint density at radius 3 is 2.37 bits per heavy atom. The fourth-order valence-electron chi connectivity index (χ4n) is 2.55. The standard InChI is InChI=1S/C21H24N4O4S/c1-4-15(2)23-21(27)18-7-5-6-8-19(18)24-20(26)14-25(3)30(28,29)17-11-9-16(13-22)10-12-17/h5-12,15H,4,14H2,1-3H3,(H,23,27)(H,24,26). The van der Waals surface area contributed by atoms with Crippen molar-refractivity contribution in [3.8, 4) is 6.07 Å². The molecule has 0 aliphatic carbocycles. The summed E-state index contributed by atoms with van der Waals surface area (Å²) in [6, 6.07) is 13.8. The van der Waals surface area contributed by atoms with E-state index in [1.165, 1.54) is 31.3 Å². The highest BCUT2D eigenvalue weighted by molar-refractivity contribution is 7.89. The van der Waals surface area contributed by atoms with Gasteiger partial charge in [0.25, 0.3) is 5.91 Å². The Bertz CT molecular complexity index is 1060. The molecule has 0 aliphatic rings. The normalized spacial score (nSPS) is 12.1. The molecule has 0 bridgehead atoms. The van der Waals surface area contributed by atoms with Crippen molar-refractivity contribution in [2.75, 3.05) is 18.9 Å². The lowest BCUT2D eigenvalue weighted by Gasteiger charge is -2.18. The Labute approximate surface area is 176 Å². The van der Waals surface area contributed by atoms with E-state index in [4.69, 9.17) is 5.26 Å². The van der Waals surface area contributed by atoms with E-state index in [2.05, 4.69) is 10.6 Å². The van der Waals surface area contributed by atoms with Crippen molar-refractivity contribution >= 4 is 27.5 Å². The van der Waals surface area contributed by atoms with E-state index >= 15 is 0 Å². The molecule has 1 atom stereocenters. The number of likely N-dealkylation sites (N-methyl/N-ethyl adjacent to an activating group) is 1. The second-order valence-electron chi connectivity index (χ2n) is 6.77. The predicted octanol–water partition coefficient (Wildman–Crippen LogP) is 2.35. The maximum atomic E-state index is 12.6. The Morgan fingerprint density at radius 1 is 1.13 bits per heavy atom. The van der Waals surface area contributed by atoms with Crippen LogP contribution in [0, 0.1) is 11.3 Å². The molecule has 0 fully saturated rings. The molecule has 0 spiro atoms. The van der Waals surface area contributed by atoms with E-state index in [1.54, 1.807) is 24.3 Å². The third kappa shape index (κ3) is 5.65. The summed E-state index contributed by atoms with van der Waals surface area (Å²) in [6.45, 7) is 3.38. The number of hydrogen-bond acceptors (Lipinski definition) is 5. The van der Waals surface area contributed by atoms with E-state index in [-0.39, 0.29) is 16.8 Å². The average Bonchev–Trinajstić information content (AvgIpc) is 2.73. The highest BCUT2D eigenvalue weighted by Crippen LogP contribution is 2.17.